The highest BCUT2D eigenvalue weighted by Crippen LogP contribution is 2.22. The third-order valence-corrected chi connectivity index (χ3v) is 4.80. The summed E-state index contributed by atoms with van der Waals surface area (Å²) in [5.74, 6) is 0.587. The van der Waals surface area contributed by atoms with Crippen molar-refractivity contribution in [3.05, 3.63) is 66.1 Å². The normalized spacial score (nSPS) is 11.0. The van der Waals surface area contributed by atoms with Crippen molar-refractivity contribution in [1.82, 2.24) is 20.1 Å². The molecule has 0 spiro atoms. The summed E-state index contributed by atoms with van der Waals surface area (Å²) < 4.78 is 18.7. The predicted molar refractivity (Wildman–Crippen MR) is 103 cm³/mol. The van der Waals surface area contributed by atoms with Gasteiger partial charge in [-0.15, -0.1) is 0 Å². The van der Waals surface area contributed by atoms with Crippen LogP contribution < -0.4 is 5.32 Å². The lowest BCUT2D eigenvalue weighted by molar-refractivity contribution is -0.116. The Morgan fingerprint density at radius 2 is 1.96 bits per heavy atom. The van der Waals surface area contributed by atoms with Crippen LogP contribution in [0.3, 0.4) is 0 Å². The summed E-state index contributed by atoms with van der Waals surface area (Å²) in [5, 5.41) is 7.22. The van der Waals surface area contributed by atoms with Crippen molar-refractivity contribution < 1.29 is 13.7 Å². The topological polar surface area (TPSA) is 96.7 Å². The summed E-state index contributed by atoms with van der Waals surface area (Å²) in [7, 11) is 0. The quantitative estimate of drug-likeness (QED) is 0.459. The number of hydrogen-bond acceptors (Lipinski definition) is 6. The van der Waals surface area contributed by atoms with Gasteiger partial charge in [-0.3, -0.25) is 4.79 Å². The van der Waals surface area contributed by atoms with E-state index in [0.717, 1.165) is 16.2 Å². The fraction of sp³-hybridized carbons (Fsp3) is 0.158. The molecular weight excluding hydrogens is 381 g/mol. The molecule has 0 aliphatic rings. The average Bonchev–Trinajstić information content (AvgIpc) is 3.33. The lowest BCUT2D eigenvalue weighted by Gasteiger charge is -2.04. The smallest absolute Gasteiger partial charge is 0.227 e. The summed E-state index contributed by atoms with van der Waals surface area (Å²) in [6.07, 6.45) is 0.398. The molecule has 0 atom stereocenters. The highest BCUT2D eigenvalue weighted by atomic mass is 32.2. The number of amides is 1. The van der Waals surface area contributed by atoms with Crippen LogP contribution in [0.1, 0.15) is 18.1 Å². The lowest BCUT2D eigenvalue weighted by atomic mass is 10.2. The molecule has 0 radical (unpaired) electrons. The Hall–Kier alpha value is -3.20. The first-order valence-electron chi connectivity index (χ1n) is 8.61. The number of rotatable bonds is 7. The number of H-pyrrole nitrogens is 1. The van der Waals surface area contributed by atoms with Crippen molar-refractivity contribution in [3.8, 4) is 0 Å². The van der Waals surface area contributed by atoms with Gasteiger partial charge in [0.1, 0.15) is 5.82 Å². The van der Waals surface area contributed by atoms with Crippen molar-refractivity contribution >= 4 is 34.4 Å². The number of para-hydroxylation sites is 3. The average molecular weight is 397 g/mol. The van der Waals surface area contributed by atoms with Gasteiger partial charge < -0.3 is 14.8 Å². The molecule has 0 aliphatic heterocycles. The van der Waals surface area contributed by atoms with Crippen LogP contribution in [0, 0.1) is 5.82 Å². The first-order chi connectivity index (χ1) is 13.7. The predicted octanol–water partition coefficient (Wildman–Crippen LogP) is 3.95. The number of carbonyl (C=O) groups is 1. The van der Waals surface area contributed by atoms with Crippen LogP contribution in [0.15, 0.2) is 58.2 Å². The number of aromatic nitrogens is 4. The third kappa shape index (κ3) is 4.37. The van der Waals surface area contributed by atoms with Gasteiger partial charge in [-0.05, 0) is 24.3 Å². The van der Waals surface area contributed by atoms with Crippen LogP contribution in [0.5, 0.6) is 0 Å². The van der Waals surface area contributed by atoms with E-state index in [4.69, 9.17) is 4.52 Å². The molecule has 142 valence electrons. The van der Waals surface area contributed by atoms with E-state index in [2.05, 4.69) is 25.4 Å². The van der Waals surface area contributed by atoms with Crippen LogP contribution in [0.4, 0.5) is 10.1 Å². The minimum atomic E-state index is -0.474. The second-order valence-electron chi connectivity index (χ2n) is 5.98. The molecular formula is C19H16FN5O2S. The number of benzene rings is 2. The molecule has 0 unspecified atom stereocenters. The molecule has 0 aliphatic carbocycles. The van der Waals surface area contributed by atoms with Crippen molar-refractivity contribution in [3.63, 3.8) is 0 Å². The lowest BCUT2D eigenvalue weighted by Crippen LogP contribution is -2.13. The number of aryl methyl sites for hydroxylation is 1. The second-order valence-corrected chi connectivity index (χ2v) is 6.94. The second kappa shape index (κ2) is 8.22. The summed E-state index contributed by atoms with van der Waals surface area (Å²) in [5.41, 5.74) is 2.03. The first-order valence-corrected chi connectivity index (χ1v) is 9.59. The Kier molecular flexibility index (Phi) is 5.34. The molecule has 4 rings (SSSR count). The highest BCUT2D eigenvalue weighted by Gasteiger charge is 2.12. The number of thioether (sulfide) groups is 1. The number of nitrogens with zero attached hydrogens (tertiary/aromatic N) is 3. The summed E-state index contributed by atoms with van der Waals surface area (Å²) >= 11 is 1.47. The molecule has 9 heteroatoms. The molecule has 1 amide bonds. The highest BCUT2D eigenvalue weighted by molar-refractivity contribution is 7.98. The van der Waals surface area contributed by atoms with E-state index in [1.54, 1.807) is 12.1 Å². The van der Waals surface area contributed by atoms with Crippen LogP contribution in [0.2, 0.25) is 0 Å². The van der Waals surface area contributed by atoms with Gasteiger partial charge in [-0.2, -0.15) is 4.98 Å². The van der Waals surface area contributed by atoms with Gasteiger partial charge in [0.05, 0.1) is 22.5 Å². The maximum atomic E-state index is 13.5. The maximum absolute atomic E-state index is 13.5. The summed E-state index contributed by atoms with van der Waals surface area (Å²) in [4.78, 5) is 23.9. The first kappa shape index (κ1) is 18.2. The standard InChI is InChI=1S/C19H16FN5O2S/c20-12-5-1-2-6-13(12)21-17(26)9-10-18-24-16(25-27-18)11-28-19-22-14-7-3-4-8-15(14)23-19/h1-8H,9-11H2,(H,21,26)(H,22,23). The number of anilines is 1. The van der Waals surface area contributed by atoms with Crippen molar-refractivity contribution in [2.75, 3.05) is 5.32 Å². The number of carbonyl (C=O) groups excluding carboxylic acids is 1. The van der Waals surface area contributed by atoms with E-state index in [-0.39, 0.29) is 24.4 Å². The molecule has 2 aromatic heterocycles. The Balaban J connectivity index is 1.28. The van der Waals surface area contributed by atoms with Crippen LogP contribution >= 0.6 is 11.8 Å². The molecule has 0 bridgehead atoms. The number of aromatic amines is 1. The summed E-state index contributed by atoms with van der Waals surface area (Å²) in [6.45, 7) is 0. The molecule has 2 aromatic carbocycles. The van der Waals surface area contributed by atoms with Gasteiger partial charge in [0.2, 0.25) is 11.8 Å². The Labute approximate surface area is 163 Å². The van der Waals surface area contributed by atoms with Gasteiger partial charge >= 0.3 is 0 Å². The molecule has 0 fully saturated rings. The zero-order chi connectivity index (χ0) is 19.3. The van der Waals surface area contributed by atoms with Gasteiger partial charge in [0, 0.05) is 12.8 Å². The molecule has 2 heterocycles. The van der Waals surface area contributed by atoms with Crippen LogP contribution in [-0.4, -0.2) is 26.0 Å². The molecule has 0 saturated carbocycles. The van der Waals surface area contributed by atoms with Gasteiger partial charge in [-0.1, -0.05) is 41.2 Å². The van der Waals surface area contributed by atoms with Gasteiger partial charge in [-0.25, -0.2) is 9.37 Å². The molecule has 4 aromatic rings. The van der Waals surface area contributed by atoms with Gasteiger partial charge in [0.25, 0.3) is 0 Å². The Morgan fingerprint density at radius 3 is 2.82 bits per heavy atom. The number of nitrogens with one attached hydrogen (secondary N) is 2. The van der Waals surface area contributed by atoms with E-state index in [1.165, 1.54) is 23.9 Å². The zero-order valence-corrected chi connectivity index (χ0v) is 15.5. The van der Waals surface area contributed by atoms with E-state index < -0.39 is 5.82 Å². The minimum absolute atomic E-state index is 0.118. The molecule has 0 saturated heterocycles. The molecule has 2 N–H and O–H groups in total. The van der Waals surface area contributed by atoms with Crippen LogP contribution in [0.25, 0.3) is 11.0 Å². The van der Waals surface area contributed by atoms with Crippen molar-refractivity contribution in [2.24, 2.45) is 0 Å². The van der Waals surface area contributed by atoms with E-state index in [0.29, 0.717) is 17.5 Å². The Morgan fingerprint density at radius 1 is 1.14 bits per heavy atom. The number of imidazole rings is 1. The minimum Gasteiger partial charge on any atom is -0.339 e. The number of halogens is 1. The fourth-order valence-electron chi connectivity index (χ4n) is 2.58. The number of hydrogen-bond donors (Lipinski definition) is 2. The van der Waals surface area contributed by atoms with Gasteiger partial charge in [0.15, 0.2) is 11.0 Å². The molecule has 7 nitrogen and oxygen atoms in total. The van der Waals surface area contributed by atoms with E-state index in [9.17, 15) is 9.18 Å². The Bertz CT molecular complexity index is 1080. The fourth-order valence-corrected chi connectivity index (χ4v) is 3.30. The summed E-state index contributed by atoms with van der Waals surface area (Å²) in [6, 6.07) is 13.8. The van der Waals surface area contributed by atoms with E-state index >= 15 is 0 Å². The van der Waals surface area contributed by atoms with Crippen molar-refractivity contribution in [2.45, 2.75) is 23.8 Å². The largest absolute Gasteiger partial charge is 0.339 e. The monoisotopic (exact) mass is 397 g/mol. The third-order valence-electron chi connectivity index (χ3n) is 3.93. The van der Waals surface area contributed by atoms with E-state index in [1.807, 2.05) is 24.3 Å². The maximum Gasteiger partial charge on any atom is 0.227 e. The van der Waals surface area contributed by atoms with Crippen LogP contribution in [-0.2, 0) is 17.0 Å². The van der Waals surface area contributed by atoms with Crippen molar-refractivity contribution in [1.29, 1.82) is 0 Å². The molecule has 28 heavy (non-hydrogen) atoms. The number of fused-ring (bicyclic) bond motifs is 1. The zero-order valence-electron chi connectivity index (χ0n) is 14.7. The SMILES string of the molecule is O=C(CCc1nc(CSc2nc3ccccc3[nH]2)no1)Nc1ccccc1F.